The number of amides is 4. The van der Waals surface area contributed by atoms with E-state index in [9.17, 15) is 28.7 Å². The first-order valence-corrected chi connectivity index (χ1v) is 18.4. The van der Waals surface area contributed by atoms with E-state index in [4.69, 9.17) is 27.9 Å². The molecule has 6 unspecified atom stereocenters. The van der Waals surface area contributed by atoms with Crippen molar-refractivity contribution in [2.75, 3.05) is 25.1 Å². The van der Waals surface area contributed by atoms with Crippen LogP contribution >= 0.6 is 23.2 Å². The number of likely N-dealkylation sites (tertiary alicyclic amines) is 2. The Morgan fingerprint density at radius 1 is 0.923 bits per heavy atom. The Balaban J connectivity index is 1.15. The molecule has 5 aliphatic rings. The molecule has 52 heavy (non-hydrogen) atoms. The van der Waals surface area contributed by atoms with E-state index in [1.807, 2.05) is 24.3 Å². The van der Waals surface area contributed by atoms with Crippen LogP contribution in [0.1, 0.15) is 49.7 Å². The molecule has 270 valence electrons. The van der Waals surface area contributed by atoms with Crippen LogP contribution in [0.5, 0.6) is 11.5 Å². The van der Waals surface area contributed by atoms with Crippen LogP contribution < -0.4 is 9.64 Å². The van der Waals surface area contributed by atoms with Gasteiger partial charge in [-0.2, -0.15) is 0 Å². The van der Waals surface area contributed by atoms with Crippen LogP contribution in [0.3, 0.4) is 0 Å². The largest absolute Gasteiger partial charge is 0.503 e. The van der Waals surface area contributed by atoms with Crippen molar-refractivity contribution in [3.05, 3.63) is 99.3 Å². The summed E-state index contributed by atoms with van der Waals surface area (Å²) in [4.78, 5) is 62.7. The molecule has 2 aliphatic carbocycles. The zero-order chi connectivity index (χ0) is 36.6. The van der Waals surface area contributed by atoms with Gasteiger partial charge in [-0.05, 0) is 80.0 Å². The quantitative estimate of drug-likeness (QED) is 0.220. The Labute approximate surface area is 310 Å². The van der Waals surface area contributed by atoms with Crippen molar-refractivity contribution in [1.82, 2.24) is 9.80 Å². The van der Waals surface area contributed by atoms with Crippen molar-refractivity contribution < 1.29 is 33.4 Å². The number of anilines is 1. The molecule has 8 rings (SSSR count). The number of methoxy groups -OCH3 is 1. The van der Waals surface area contributed by atoms with Crippen LogP contribution in [-0.4, -0.2) is 64.8 Å². The molecule has 3 aliphatic heterocycles. The number of hydrogen-bond acceptors (Lipinski definition) is 7. The molecule has 3 heterocycles. The third-order valence-electron chi connectivity index (χ3n) is 12.2. The van der Waals surface area contributed by atoms with E-state index in [1.54, 1.807) is 19.1 Å². The lowest BCUT2D eigenvalue weighted by Gasteiger charge is -2.49. The number of allylic oxidation sites excluding steroid dienone is 2. The Hall–Kier alpha value is -4.25. The number of phenols is 1. The standard InChI is InChI=1S/C40H38Cl2FN3O6/c1-40-28(37(49)46(39(40)51)24-8-11-31(43)29(41)18-24)19-27-25(34(40)22-16-30(42)35(47)32(17-22)52-2)9-10-26-33(27)38(50)45(36(26)48)23-12-14-44(15-13-23)20-21-6-4-3-5-7-21/h3-9,11,16-18,23,26-28,33-34,47H,10,12-15,19-20H2,1-2H3. The molecule has 3 saturated heterocycles. The SMILES string of the molecule is COc1cc(C2C3=CCC4C(=O)N(C5CCN(Cc6ccccc6)CC5)C(=O)C4C3CC3C(=O)N(c4ccc(F)c(Cl)c4)C(=O)C32C)cc(Cl)c1O. The molecule has 4 amide bonds. The van der Waals surface area contributed by atoms with Crippen molar-refractivity contribution in [3.63, 3.8) is 0 Å². The second-order valence-corrected chi connectivity index (χ2v) is 15.7. The third-order valence-corrected chi connectivity index (χ3v) is 12.8. The van der Waals surface area contributed by atoms with E-state index >= 15 is 0 Å². The fourth-order valence-corrected chi connectivity index (χ4v) is 10.1. The van der Waals surface area contributed by atoms with Crippen LogP contribution in [0.25, 0.3) is 0 Å². The minimum Gasteiger partial charge on any atom is -0.503 e. The number of benzene rings is 3. The summed E-state index contributed by atoms with van der Waals surface area (Å²) in [6, 6.07) is 16.9. The fraction of sp³-hybridized carbons (Fsp3) is 0.400. The molecule has 4 fully saturated rings. The monoisotopic (exact) mass is 745 g/mol. The van der Waals surface area contributed by atoms with Gasteiger partial charge < -0.3 is 9.84 Å². The van der Waals surface area contributed by atoms with Gasteiger partial charge in [-0.25, -0.2) is 9.29 Å². The highest BCUT2D eigenvalue weighted by Gasteiger charge is 2.68. The van der Waals surface area contributed by atoms with Crippen LogP contribution in [0.2, 0.25) is 10.0 Å². The molecule has 0 bridgehead atoms. The number of carbonyl (C=O) groups is 4. The van der Waals surface area contributed by atoms with Gasteiger partial charge in [0.05, 0.1) is 46.0 Å². The predicted molar refractivity (Wildman–Crippen MR) is 192 cm³/mol. The number of rotatable bonds is 6. The van der Waals surface area contributed by atoms with E-state index in [-0.39, 0.29) is 51.5 Å². The highest BCUT2D eigenvalue weighted by atomic mass is 35.5. The van der Waals surface area contributed by atoms with Crippen LogP contribution in [0, 0.1) is 34.9 Å². The van der Waals surface area contributed by atoms with Gasteiger partial charge in [0, 0.05) is 31.6 Å². The van der Waals surface area contributed by atoms with Gasteiger partial charge in [0.1, 0.15) is 5.82 Å². The maximum atomic E-state index is 14.7. The predicted octanol–water partition coefficient (Wildman–Crippen LogP) is 6.74. The first-order chi connectivity index (χ1) is 24.9. The summed E-state index contributed by atoms with van der Waals surface area (Å²) in [5.74, 6) is -5.71. The topological polar surface area (TPSA) is 107 Å². The first-order valence-electron chi connectivity index (χ1n) is 17.7. The molecule has 0 radical (unpaired) electrons. The highest BCUT2D eigenvalue weighted by Crippen LogP contribution is 2.64. The number of aromatic hydroxyl groups is 1. The van der Waals surface area contributed by atoms with Crippen molar-refractivity contribution in [3.8, 4) is 11.5 Å². The summed E-state index contributed by atoms with van der Waals surface area (Å²) in [5.41, 5.74) is 1.30. The third kappa shape index (κ3) is 5.28. The minimum absolute atomic E-state index is 0.00163. The summed E-state index contributed by atoms with van der Waals surface area (Å²) >= 11 is 12.6. The molecule has 12 heteroatoms. The lowest BCUT2D eigenvalue weighted by atomic mass is 9.51. The number of ether oxygens (including phenoxy) is 1. The van der Waals surface area contributed by atoms with Crippen LogP contribution in [-0.2, 0) is 25.7 Å². The van der Waals surface area contributed by atoms with E-state index in [1.165, 1.54) is 29.7 Å². The average molecular weight is 747 g/mol. The van der Waals surface area contributed by atoms with Gasteiger partial charge in [0.15, 0.2) is 11.5 Å². The van der Waals surface area contributed by atoms with Crippen molar-refractivity contribution in [2.45, 2.75) is 51.1 Å². The molecule has 3 aromatic rings. The van der Waals surface area contributed by atoms with Gasteiger partial charge >= 0.3 is 0 Å². The van der Waals surface area contributed by atoms with Crippen LogP contribution in [0.4, 0.5) is 10.1 Å². The molecule has 0 aromatic heterocycles. The van der Waals surface area contributed by atoms with E-state index in [0.717, 1.165) is 36.2 Å². The zero-order valence-corrected chi connectivity index (χ0v) is 30.2. The number of nitrogens with zero attached hydrogens (tertiary/aromatic N) is 3. The number of phenolic OH excluding ortho intramolecular Hbond substituents is 1. The Kier molecular flexibility index (Phi) is 8.71. The molecule has 6 atom stereocenters. The Bertz CT molecular complexity index is 2030. The smallest absolute Gasteiger partial charge is 0.241 e. The number of hydrogen-bond donors (Lipinski definition) is 1. The average Bonchev–Trinajstić information content (AvgIpc) is 3.50. The second kappa shape index (κ2) is 13.0. The lowest BCUT2D eigenvalue weighted by molar-refractivity contribution is -0.144. The Morgan fingerprint density at radius 2 is 1.65 bits per heavy atom. The maximum absolute atomic E-state index is 14.7. The van der Waals surface area contributed by atoms with Gasteiger partial charge in [-0.3, -0.25) is 29.0 Å². The zero-order valence-electron chi connectivity index (χ0n) is 28.7. The maximum Gasteiger partial charge on any atom is 0.241 e. The fourth-order valence-electron chi connectivity index (χ4n) is 9.74. The molecule has 9 nitrogen and oxygen atoms in total. The summed E-state index contributed by atoms with van der Waals surface area (Å²) in [7, 11) is 1.39. The highest BCUT2D eigenvalue weighted by molar-refractivity contribution is 6.32. The lowest BCUT2D eigenvalue weighted by Crippen LogP contribution is -2.49. The van der Waals surface area contributed by atoms with E-state index in [0.29, 0.717) is 24.8 Å². The molecule has 1 N–H and O–H groups in total. The van der Waals surface area contributed by atoms with Crippen molar-refractivity contribution in [2.24, 2.45) is 29.1 Å². The number of halogens is 3. The summed E-state index contributed by atoms with van der Waals surface area (Å²) < 4.78 is 19.7. The summed E-state index contributed by atoms with van der Waals surface area (Å²) in [5, 5.41) is 10.4. The van der Waals surface area contributed by atoms with Gasteiger partial charge in [0.2, 0.25) is 23.6 Å². The molecular weight excluding hydrogens is 708 g/mol. The molecule has 3 aromatic carbocycles. The van der Waals surface area contributed by atoms with Gasteiger partial charge in [-0.1, -0.05) is 65.2 Å². The van der Waals surface area contributed by atoms with Crippen molar-refractivity contribution >= 4 is 52.5 Å². The Morgan fingerprint density at radius 3 is 2.35 bits per heavy atom. The van der Waals surface area contributed by atoms with Crippen LogP contribution in [0.15, 0.2) is 72.3 Å². The second-order valence-electron chi connectivity index (χ2n) is 14.9. The minimum atomic E-state index is -1.37. The van der Waals surface area contributed by atoms with Gasteiger partial charge in [0.25, 0.3) is 0 Å². The normalized spacial score (nSPS) is 29.2. The first kappa shape index (κ1) is 34.8. The molecular formula is C40H38Cl2FN3O6. The van der Waals surface area contributed by atoms with Gasteiger partial charge in [-0.15, -0.1) is 0 Å². The molecule has 1 saturated carbocycles. The number of carbonyl (C=O) groups excluding carboxylic acids is 4. The molecule has 0 spiro atoms. The summed E-state index contributed by atoms with van der Waals surface area (Å²) in [6.07, 6.45) is 3.79. The van der Waals surface area contributed by atoms with E-state index in [2.05, 4.69) is 17.0 Å². The number of piperidine rings is 1. The van der Waals surface area contributed by atoms with Crippen molar-refractivity contribution in [1.29, 1.82) is 0 Å². The van der Waals surface area contributed by atoms with E-state index < -0.39 is 52.6 Å². The number of imide groups is 2. The summed E-state index contributed by atoms with van der Waals surface area (Å²) in [6.45, 7) is 4.05. The number of fused-ring (bicyclic) bond motifs is 4.